The highest BCUT2D eigenvalue weighted by atomic mass is 16.1. The minimum absolute atomic E-state index is 0.0277. The van der Waals surface area contributed by atoms with Crippen LogP contribution in [-0.2, 0) is 17.8 Å². The van der Waals surface area contributed by atoms with Gasteiger partial charge in [0.25, 0.3) is 5.56 Å². The zero-order valence-corrected chi connectivity index (χ0v) is 17.5. The van der Waals surface area contributed by atoms with Crippen LogP contribution in [0.1, 0.15) is 36.0 Å². The van der Waals surface area contributed by atoms with Crippen molar-refractivity contribution in [1.29, 1.82) is 0 Å². The number of carbonyl (C=O) groups excluding carboxylic acids is 1. The van der Waals surface area contributed by atoms with Crippen LogP contribution >= 0.6 is 0 Å². The lowest BCUT2D eigenvalue weighted by Crippen LogP contribution is -2.44. The van der Waals surface area contributed by atoms with Crippen molar-refractivity contribution in [3.05, 3.63) is 81.6 Å². The molecule has 3 aromatic rings. The third-order valence-electron chi connectivity index (χ3n) is 5.90. The summed E-state index contributed by atoms with van der Waals surface area (Å²) in [5, 5.41) is 4.16. The Morgan fingerprint density at radius 2 is 1.87 bits per heavy atom. The molecule has 0 atom stereocenters. The maximum absolute atomic E-state index is 12.4. The lowest BCUT2D eigenvalue weighted by atomic mass is 10.0. The van der Waals surface area contributed by atoms with Crippen LogP contribution < -0.4 is 10.9 Å². The van der Waals surface area contributed by atoms with E-state index in [1.165, 1.54) is 5.56 Å². The smallest absolute Gasteiger partial charge is 0.251 e. The van der Waals surface area contributed by atoms with Crippen LogP contribution in [0.3, 0.4) is 0 Å². The van der Waals surface area contributed by atoms with Crippen LogP contribution in [0.4, 0.5) is 0 Å². The van der Waals surface area contributed by atoms with Gasteiger partial charge in [0.05, 0.1) is 0 Å². The molecule has 1 saturated heterocycles. The quantitative estimate of drug-likeness (QED) is 0.662. The molecule has 1 amide bonds. The lowest BCUT2D eigenvalue weighted by molar-refractivity contribution is -0.122. The number of aromatic amines is 1. The number of nitrogens with one attached hydrogen (secondary N) is 2. The summed E-state index contributed by atoms with van der Waals surface area (Å²) in [5.41, 5.74) is 3.85. The molecule has 5 nitrogen and oxygen atoms in total. The first-order valence-electron chi connectivity index (χ1n) is 10.7. The van der Waals surface area contributed by atoms with E-state index < -0.39 is 0 Å². The SMILES string of the molecule is Cc1ccc2cc(CCC(=O)NC3CCN(Cc4ccccc4)CC3)c(=O)[nH]c2c1. The van der Waals surface area contributed by atoms with E-state index >= 15 is 0 Å². The number of pyridine rings is 1. The molecular weight excluding hydrogens is 374 g/mol. The number of nitrogens with zero attached hydrogens (tertiary/aromatic N) is 1. The molecule has 0 radical (unpaired) electrons. The fourth-order valence-corrected chi connectivity index (χ4v) is 4.17. The Balaban J connectivity index is 1.25. The van der Waals surface area contributed by atoms with Crippen molar-refractivity contribution in [3.63, 3.8) is 0 Å². The molecule has 0 saturated carbocycles. The molecule has 4 rings (SSSR count). The fourth-order valence-electron chi connectivity index (χ4n) is 4.17. The van der Waals surface area contributed by atoms with E-state index in [4.69, 9.17) is 0 Å². The molecule has 0 unspecified atom stereocenters. The first-order valence-corrected chi connectivity index (χ1v) is 10.7. The number of likely N-dealkylation sites (tertiary alicyclic amines) is 1. The number of rotatable bonds is 6. The first kappa shape index (κ1) is 20.4. The minimum Gasteiger partial charge on any atom is -0.353 e. The molecule has 2 aromatic carbocycles. The highest BCUT2D eigenvalue weighted by Gasteiger charge is 2.20. The molecule has 5 heteroatoms. The Morgan fingerprint density at radius 3 is 2.63 bits per heavy atom. The van der Waals surface area contributed by atoms with Crippen molar-refractivity contribution >= 4 is 16.8 Å². The molecule has 0 bridgehead atoms. The summed E-state index contributed by atoms with van der Waals surface area (Å²) in [6, 6.07) is 18.6. The average Bonchev–Trinajstić information content (AvgIpc) is 2.74. The van der Waals surface area contributed by atoms with E-state index in [0.717, 1.165) is 48.9 Å². The van der Waals surface area contributed by atoms with Crippen molar-refractivity contribution in [1.82, 2.24) is 15.2 Å². The number of fused-ring (bicyclic) bond motifs is 1. The van der Waals surface area contributed by atoms with Gasteiger partial charge in [-0.2, -0.15) is 0 Å². The molecule has 30 heavy (non-hydrogen) atoms. The number of carbonyl (C=O) groups is 1. The zero-order chi connectivity index (χ0) is 20.9. The van der Waals surface area contributed by atoms with E-state index in [-0.39, 0.29) is 17.5 Å². The third-order valence-corrected chi connectivity index (χ3v) is 5.90. The first-order chi connectivity index (χ1) is 14.6. The van der Waals surface area contributed by atoms with Gasteiger partial charge in [-0.25, -0.2) is 0 Å². The van der Waals surface area contributed by atoms with Crippen molar-refractivity contribution in [2.45, 2.75) is 45.2 Å². The molecule has 2 N–H and O–H groups in total. The number of benzene rings is 2. The molecule has 0 aliphatic carbocycles. The number of amides is 1. The maximum atomic E-state index is 12.4. The van der Waals surface area contributed by atoms with E-state index in [1.807, 2.05) is 37.3 Å². The summed E-state index contributed by atoms with van der Waals surface area (Å²) in [7, 11) is 0. The van der Waals surface area contributed by atoms with Gasteiger partial charge in [0.15, 0.2) is 0 Å². The van der Waals surface area contributed by atoms with Gasteiger partial charge in [-0.3, -0.25) is 14.5 Å². The van der Waals surface area contributed by atoms with Gasteiger partial charge in [0.2, 0.25) is 5.91 Å². The topological polar surface area (TPSA) is 65.2 Å². The van der Waals surface area contributed by atoms with E-state index in [0.29, 0.717) is 18.4 Å². The largest absolute Gasteiger partial charge is 0.353 e. The molecule has 1 aromatic heterocycles. The second kappa shape index (κ2) is 9.26. The van der Waals surface area contributed by atoms with Crippen LogP contribution in [-0.4, -0.2) is 34.9 Å². The normalized spacial score (nSPS) is 15.4. The minimum atomic E-state index is -0.102. The van der Waals surface area contributed by atoms with Crippen LogP contribution in [0.25, 0.3) is 10.9 Å². The zero-order valence-electron chi connectivity index (χ0n) is 17.5. The highest BCUT2D eigenvalue weighted by molar-refractivity contribution is 5.80. The van der Waals surface area contributed by atoms with Gasteiger partial charge in [-0.1, -0.05) is 42.5 Å². The van der Waals surface area contributed by atoms with Crippen LogP contribution in [0.5, 0.6) is 0 Å². The van der Waals surface area contributed by atoms with Crippen LogP contribution in [0, 0.1) is 6.92 Å². The number of H-pyrrole nitrogens is 1. The Labute approximate surface area is 177 Å². The molecule has 2 heterocycles. The summed E-state index contributed by atoms with van der Waals surface area (Å²) < 4.78 is 0. The third kappa shape index (κ3) is 5.16. The Bertz CT molecular complexity index is 1070. The summed E-state index contributed by atoms with van der Waals surface area (Å²) in [6.45, 7) is 4.95. The Hall–Kier alpha value is -2.92. The van der Waals surface area contributed by atoms with E-state index in [9.17, 15) is 9.59 Å². The summed E-state index contributed by atoms with van der Waals surface area (Å²) in [6.07, 6.45) is 2.73. The van der Waals surface area contributed by atoms with Gasteiger partial charge in [0.1, 0.15) is 0 Å². The van der Waals surface area contributed by atoms with Crippen LogP contribution in [0.2, 0.25) is 0 Å². The Kier molecular flexibility index (Phi) is 6.29. The molecule has 0 spiro atoms. The van der Waals surface area contributed by atoms with Gasteiger partial charge < -0.3 is 10.3 Å². The monoisotopic (exact) mass is 403 g/mol. The predicted molar refractivity (Wildman–Crippen MR) is 121 cm³/mol. The second-order valence-corrected chi connectivity index (χ2v) is 8.32. The van der Waals surface area contributed by atoms with Gasteiger partial charge >= 0.3 is 0 Å². The van der Waals surface area contributed by atoms with Gasteiger partial charge in [-0.05, 0) is 54.8 Å². The molecule has 156 valence electrons. The molecule has 1 aliphatic heterocycles. The summed E-state index contributed by atoms with van der Waals surface area (Å²) in [5.74, 6) is 0.0277. The Morgan fingerprint density at radius 1 is 1.10 bits per heavy atom. The number of hydrogen-bond donors (Lipinski definition) is 2. The maximum Gasteiger partial charge on any atom is 0.251 e. The number of aryl methyl sites for hydroxylation is 2. The van der Waals surface area contributed by atoms with Crippen LogP contribution in [0.15, 0.2) is 59.4 Å². The molecule has 1 aliphatic rings. The van der Waals surface area contributed by atoms with Crippen molar-refractivity contribution in [3.8, 4) is 0 Å². The second-order valence-electron chi connectivity index (χ2n) is 8.32. The summed E-state index contributed by atoms with van der Waals surface area (Å²) in [4.78, 5) is 30.2. The number of hydrogen-bond acceptors (Lipinski definition) is 3. The molecule has 1 fully saturated rings. The van der Waals surface area contributed by atoms with Gasteiger partial charge in [-0.15, -0.1) is 0 Å². The average molecular weight is 404 g/mol. The number of piperidine rings is 1. The number of aromatic nitrogens is 1. The standard InChI is InChI=1S/C25H29N3O2/c1-18-7-8-20-16-21(25(30)27-23(20)15-18)9-10-24(29)26-22-11-13-28(14-12-22)17-19-5-3-2-4-6-19/h2-8,15-16,22H,9-14,17H2,1H3,(H,26,29)(H,27,30). The van der Waals surface area contributed by atoms with Crippen molar-refractivity contribution < 1.29 is 4.79 Å². The van der Waals surface area contributed by atoms with E-state index in [2.05, 4.69) is 39.5 Å². The van der Waals surface area contributed by atoms with E-state index in [1.54, 1.807) is 0 Å². The summed E-state index contributed by atoms with van der Waals surface area (Å²) >= 11 is 0. The predicted octanol–water partition coefficient (Wildman–Crippen LogP) is 3.55. The molecular formula is C25H29N3O2. The van der Waals surface area contributed by atoms with Gasteiger partial charge in [0, 0.05) is 43.2 Å². The highest BCUT2D eigenvalue weighted by Crippen LogP contribution is 2.15. The fraction of sp³-hybridized carbons (Fsp3) is 0.360. The van der Waals surface area contributed by atoms with Crippen molar-refractivity contribution in [2.24, 2.45) is 0 Å². The van der Waals surface area contributed by atoms with Crippen molar-refractivity contribution in [2.75, 3.05) is 13.1 Å². The lowest BCUT2D eigenvalue weighted by Gasteiger charge is -2.32.